The average Bonchev–Trinajstić information content (AvgIpc) is 2.37. The fraction of sp³-hybridized carbons (Fsp3) is 0.500. The molecule has 0 aliphatic carbocycles. The number of nitrogens with one attached hydrogen (secondary N) is 1. The molecule has 0 radical (unpaired) electrons. The zero-order valence-electron chi connectivity index (χ0n) is 12.1. The van der Waals surface area contributed by atoms with Crippen molar-refractivity contribution in [3.63, 3.8) is 0 Å². The molecule has 116 valence electrons. The van der Waals surface area contributed by atoms with Crippen LogP contribution in [0.1, 0.15) is 28.8 Å². The first kappa shape index (κ1) is 15.9. The van der Waals surface area contributed by atoms with Gasteiger partial charge in [-0.3, -0.25) is 4.79 Å². The fourth-order valence-corrected chi connectivity index (χ4v) is 3.38. The van der Waals surface area contributed by atoms with Crippen LogP contribution < -0.4 is 4.72 Å². The Bertz CT molecular complexity index is 638. The second kappa shape index (κ2) is 6.11. The molecule has 21 heavy (non-hydrogen) atoms. The van der Waals surface area contributed by atoms with Gasteiger partial charge in [0.05, 0.1) is 6.26 Å². The van der Waals surface area contributed by atoms with Crippen LogP contribution in [0.15, 0.2) is 18.2 Å². The normalized spacial score (nSPS) is 17.0. The van der Waals surface area contributed by atoms with E-state index < -0.39 is 10.0 Å². The van der Waals surface area contributed by atoms with E-state index in [1.54, 1.807) is 11.8 Å². The number of benzene rings is 1. The minimum Gasteiger partial charge on any atom is -0.339 e. The van der Waals surface area contributed by atoms with Crippen molar-refractivity contribution in [3.8, 4) is 0 Å². The second-order valence-electron chi connectivity index (χ2n) is 5.42. The van der Waals surface area contributed by atoms with Gasteiger partial charge in [-0.2, -0.15) is 0 Å². The number of nitrogens with zero attached hydrogens (tertiary/aromatic N) is 1. The number of hydrogen-bond acceptors (Lipinski definition) is 3. The summed E-state index contributed by atoms with van der Waals surface area (Å²) in [7, 11) is -3.22. The van der Waals surface area contributed by atoms with E-state index >= 15 is 0 Å². The summed E-state index contributed by atoms with van der Waals surface area (Å²) < 4.78 is 38.0. The van der Waals surface area contributed by atoms with Gasteiger partial charge >= 0.3 is 0 Å². The number of carbonyl (C=O) groups excluding carboxylic acids is 1. The lowest BCUT2D eigenvalue weighted by molar-refractivity contribution is 0.0710. The van der Waals surface area contributed by atoms with Crippen LogP contribution in [0.5, 0.6) is 0 Å². The van der Waals surface area contributed by atoms with Gasteiger partial charge in [0.1, 0.15) is 5.82 Å². The predicted octanol–water partition coefficient (Wildman–Crippen LogP) is 1.29. The molecule has 1 N–H and O–H groups in total. The zero-order valence-corrected chi connectivity index (χ0v) is 12.9. The molecule has 5 nitrogen and oxygen atoms in total. The predicted molar refractivity (Wildman–Crippen MR) is 78.0 cm³/mol. The maximum absolute atomic E-state index is 13.1. The molecule has 1 amide bonds. The van der Waals surface area contributed by atoms with Crippen molar-refractivity contribution in [3.05, 3.63) is 35.1 Å². The summed E-state index contributed by atoms with van der Waals surface area (Å²) in [6.07, 6.45) is 2.30. The van der Waals surface area contributed by atoms with E-state index in [9.17, 15) is 17.6 Å². The van der Waals surface area contributed by atoms with Crippen molar-refractivity contribution in [1.82, 2.24) is 9.62 Å². The van der Waals surface area contributed by atoms with Crippen LogP contribution in [0.2, 0.25) is 0 Å². The number of hydrogen-bond donors (Lipinski definition) is 1. The Hall–Kier alpha value is -1.47. The van der Waals surface area contributed by atoms with Crippen molar-refractivity contribution in [2.75, 3.05) is 19.3 Å². The van der Waals surface area contributed by atoms with Crippen molar-refractivity contribution in [1.29, 1.82) is 0 Å². The van der Waals surface area contributed by atoms with Gasteiger partial charge in [0.15, 0.2) is 0 Å². The zero-order chi connectivity index (χ0) is 15.6. The Labute approximate surface area is 124 Å². The average molecular weight is 314 g/mol. The Kier molecular flexibility index (Phi) is 4.63. The van der Waals surface area contributed by atoms with Gasteiger partial charge < -0.3 is 4.90 Å². The number of piperidine rings is 1. The summed E-state index contributed by atoms with van der Waals surface area (Å²) >= 11 is 0. The molecule has 0 saturated carbocycles. The van der Waals surface area contributed by atoms with Crippen LogP contribution in [-0.4, -0.2) is 44.6 Å². The number of aryl methyl sites for hydroxylation is 1. The molecule has 0 bridgehead atoms. The standard InChI is InChI=1S/C14H19FN2O3S/c1-10-9-11(15)3-4-13(10)14(18)17-7-5-12(6-8-17)16-21(2,19)20/h3-4,9,12,16H,5-8H2,1-2H3. The van der Waals surface area contributed by atoms with E-state index in [4.69, 9.17) is 0 Å². The molecular formula is C14H19FN2O3S. The quantitative estimate of drug-likeness (QED) is 0.914. The highest BCUT2D eigenvalue weighted by molar-refractivity contribution is 7.88. The van der Waals surface area contributed by atoms with Crippen molar-refractivity contribution >= 4 is 15.9 Å². The summed E-state index contributed by atoms with van der Waals surface area (Å²) in [6, 6.07) is 3.98. The highest BCUT2D eigenvalue weighted by atomic mass is 32.2. The summed E-state index contributed by atoms with van der Waals surface area (Å²) in [4.78, 5) is 14.1. The van der Waals surface area contributed by atoms with Crippen LogP contribution >= 0.6 is 0 Å². The lowest BCUT2D eigenvalue weighted by Gasteiger charge is -2.32. The third kappa shape index (κ3) is 4.25. The Morgan fingerprint density at radius 2 is 1.95 bits per heavy atom. The Balaban J connectivity index is 2.00. The van der Waals surface area contributed by atoms with Crippen LogP contribution in [0.4, 0.5) is 4.39 Å². The lowest BCUT2D eigenvalue weighted by atomic mass is 10.0. The molecule has 0 unspecified atom stereocenters. The topological polar surface area (TPSA) is 66.5 Å². The maximum atomic E-state index is 13.1. The summed E-state index contributed by atoms with van der Waals surface area (Å²) in [6.45, 7) is 2.68. The van der Waals surface area contributed by atoms with E-state index in [2.05, 4.69) is 4.72 Å². The monoisotopic (exact) mass is 314 g/mol. The van der Waals surface area contributed by atoms with Gasteiger partial charge in [-0.05, 0) is 43.5 Å². The molecule has 0 aromatic heterocycles. The molecule has 1 heterocycles. The first-order chi connectivity index (χ1) is 9.76. The maximum Gasteiger partial charge on any atom is 0.254 e. The first-order valence-electron chi connectivity index (χ1n) is 6.79. The highest BCUT2D eigenvalue weighted by Crippen LogP contribution is 2.17. The fourth-order valence-electron chi connectivity index (χ4n) is 2.54. The molecule has 7 heteroatoms. The third-order valence-electron chi connectivity index (χ3n) is 3.58. The van der Waals surface area contributed by atoms with Crippen LogP contribution in [0, 0.1) is 12.7 Å². The largest absolute Gasteiger partial charge is 0.339 e. The highest BCUT2D eigenvalue weighted by Gasteiger charge is 2.25. The van der Waals surface area contributed by atoms with Crippen molar-refractivity contribution in [2.24, 2.45) is 0 Å². The molecule has 1 aromatic rings. The van der Waals surface area contributed by atoms with Crippen molar-refractivity contribution in [2.45, 2.75) is 25.8 Å². The van der Waals surface area contributed by atoms with Gasteiger partial charge in [-0.25, -0.2) is 17.5 Å². The summed E-state index contributed by atoms with van der Waals surface area (Å²) in [5.74, 6) is -0.495. The smallest absolute Gasteiger partial charge is 0.254 e. The Morgan fingerprint density at radius 3 is 2.48 bits per heavy atom. The lowest BCUT2D eigenvalue weighted by Crippen LogP contribution is -2.46. The molecule has 0 atom stereocenters. The van der Waals surface area contributed by atoms with E-state index in [0.717, 1.165) is 6.26 Å². The van der Waals surface area contributed by atoms with Crippen LogP contribution in [0.3, 0.4) is 0 Å². The minimum absolute atomic E-state index is 0.127. The van der Waals surface area contributed by atoms with E-state index in [-0.39, 0.29) is 17.8 Å². The van der Waals surface area contributed by atoms with Crippen LogP contribution in [-0.2, 0) is 10.0 Å². The molecule has 1 aromatic carbocycles. The van der Waals surface area contributed by atoms with Gasteiger partial charge in [0.25, 0.3) is 5.91 Å². The summed E-state index contributed by atoms with van der Waals surface area (Å²) in [5, 5.41) is 0. The molecule has 1 aliphatic heterocycles. The van der Waals surface area contributed by atoms with Gasteiger partial charge in [0, 0.05) is 24.7 Å². The van der Waals surface area contributed by atoms with E-state index in [1.165, 1.54) is 18.2 Å². The van der Waals surface area contributed by atoms with Crippen LogP contribution in [0.25, 0.3) is 0 Å². The van der Waals surface area contributed by atoms with Gasteiger partial charge in [-0.1, -0.05) is 0 Å². The number of carbonyl (C=O) groups is 1. The Morgan fingerprint density at radius 1 is 1.33 bits per heavy atom. The second-order valence-corrected chi connectivity index (χ2v) is 7.20. The van der Waals surface area contributed by atoms with Gasteiger partial charge in [0.2, 0.25) is 10.0 Å². The van der Waals surface area contributed by atoms with E-state index in [1.807, 2.05) is 0 Å². The number of rotatable bonds is 3. The number of likely N-dealkylation sites (tertiary alicyclic amines) is 1. The van der Waals surface area contributed by atoms with E-state index in [0.29, 0.717) is 37.1 Å². The molecule has 2 rings (SSSR count). The SMILES string of the molecule is Cc1cc(F)ccc1C(=O)N1CCC(NS(C)(=O)=O)CC1. The minimum atomic E-state index is -3.22. The molecule has 0 spiro atoms. The number of halogens is 1. The molecule has 1 aliphatic rings. The molecule has 1 saturated heterocycles. The number of sulfonamides is 1. The third-order valence-corrected chi connectivity index (χ3v) is 4.34. The van der Waals surface area contributed by atoms with Crippen molar-refractivity contribution < 1.29 is 17.6 Å². The summed E-state index contributed by atoms with van der Waals surface area (Å²) in [5.41, 5.74) is 1.10. The first-order valence-corrected chi connectivity index (χ1v) is 8.68. The molecular weight excluding hydrogens is 295 g/mol. The molecule has 1 fully saturated rings. The number of amides is 1. The van der Waals surface area contributed by atoms with Gasteiger partial charge in [-0.15, -0.1) is 0 Å².